The number of halogens is 1. The molecule has 0 fully saturated rings. The molecule has 0 aliphatic heterocycles. The van der Waals surface area contributed by atoms with E-state index in [1.165, 1.54) is 6.33 Å². The van der Waals surface area contributed by atoms with Crippen LogP contribution < -0.4 is 11.5 Å². The van der Waals surface area contributed by atoms with Crippen molar-refractivity contribution in [1.29, 1.82) is 0 Å². The van der Waals surface area contributed by atoms with Crippen molar-refractivity contribution in [2.45, 2.75) is 6.54 Å². The third kappa shape index (κ3) is 1.74. The first-order valence-electron chi connectivity index (χ1n) is 4.12. The van der Waals surface area contributed by atoms with Crippen LogP contribution in [0.4, 0.5) is 5.82 Å². The van der Waals surface area contributed by atoms with Gasteiger partial charge >= 0.3 is 0 Å². The lowest BCUT2D eigenvalue weighted by molar-refractivity contribution is -0.118. The highest BCUT2D eigenvalue weighted by Crippen LogP contribution is 2.24. The fourth-order valence-electron chi connectivity index (χ4n) is 1.39. The maximum atomic E-state index is 10.8. The van der Waals surface area contributed by atoms with Crippen LogP contribution >= 0.6 is 22.6 Å². The number of primary amides is 1. The van der Waals surface area contributed by atoms with Crippen LogP contribution in [0.1, 0.15) is 0 Å². The summed E-state index contributed by atoms with van der Waals surface area (Å²) in [4.78, 5) is 18.8. The summed E-state index contributed by atoms with van der Waals surface area (Å²) in [6.07, 6.45) is 3.15. The molecular weight excluding hydrogens is 309 g/mol. The minimum absolute atomic E-state index is 0.0932. The molecule has 1 amide bonds. The third-order valence-electron chi connectivity index (χ3n) is 1.96. The van der Waals surface area contributed by atoms with E-state index in [-0.39, 0.29) is 6.54 Å². The molecule has 0 unspecified atom stereocenters. The van der Waals surface area contributed by atoms with E-state index in [4.69, 9.17) is 11.5 Å². The number of carbonyl (C=O) groups excluding carboxylic acids is 1. The van der Waals surface area contributed by atoms with Crippen molar-refractivity contribution in [2.75, 3.05) is 5.73 Å². The van der Waals surface area contributed by atoms with Crippen molar-refractivity contribution in [2.24, 2.45) is 5.73 Å². The Morgan fingerprint density at radius 3 is 2.93 bits per heavy atom. The van der Waals surface area contributed by atoms with Crippen LogP contribution in [-0.4, -0.2) is 20.4 Å². The quantitative estimate of drug-likeness (QED) is 0.768. The lowest BCUT2D eigenvalue weighted by atomic mass is 10.4. The fraction of sp³-hybridized carbons (Fsp3) is 0.125. The Morgan fingerprint density at radius 1 is 1.53 bits per heavy atom. The summed E-state index contributed by atoms with van der Waals surface area (Å²) in [5.74, 6) is -0.00639. The Bertz CT molecular complexity index is 535. The largest absolute Gasteiger partial charge is 0.383 e. The fourth-order valence-corrected chi connectivity index (χ4v) is 2.24. The predicted molar refractivity (Wildman–Crippen MR) is 63.9 cm³/mol. The number of hydrogen-bond acceptors (Lipinski definition) is 4. The molecule has 4 N–H and O–H groups in total. The molecule has 0 bridgehead atoms. The second kappa shape index (κ2) is 3.65. The lowest BCUT2D eigenvalue weighted by Gasteiger charge is -2.00. The number of fused-ring (bicyclic) bond motifs is 1. The molecule has 0 spiro atoms. The monoisotopic (exact) mass is 317 g/mol. The Balaban J connectivity index is 2.68. The number of carbonyl (C=O) groups is 1. The molecule has 2 rings (SSSR count). The van der Waals surface area contributed by atoms with Gasteiger partial charge in [0.1, 0.15) is 24.3 Å². The summed E-state index contributed by atoms with van der Waals surface area (Å²) in [7, 11) is 0. The van der Waals surface area contributed by atoms with Gasteiger partial charge in [0, 0.05) is 9.77 Å². The number of rotatable bonds is 2. The van der Waals surface area contributed by atoms with Crippen LogP contribution in [-0.2, 0) is 11.3 Å². The summed E-state index contributed by atoms with van der Waals surface area (Å²) >= 11 is 2.12. The zero-order valence-electron chi connectivity index (χ0n) is 7.64. The van der Waals surface area contributed by atoms with Gasteiger partial charge in [-0.25, -0.2) is 9.97 Å². The topological polar surface area (TPSA) is 99.8 Å². The lowest BCUT2D eigenvalue weighted by Crippen LogP contribution is -2.18. The first-order chi connectivity index (χ1) is 7.09. The molecule has 7 heteroatoms. The second-order valence-corrected chi connectivity index (χ2v) is 4.19. The van der Waals surface area contributed by atoms with Crippen LogP contribution in [0.15, 0.2) is 12.5 Å². The number of aromatic nitrogens is 3. The van der Waals surface area contributed by atoms with Gasteiger partial charge in [-0.2, -0.15) is 0 Å². The average Bonchev–Trinajstić information content (AvgIpc) is 2.44. The maximum Gasteiger partial charge on any atom is 0.237 e. The Morgan fingerprint density at radius 2 is 2.27 bits per heavy atom. The number of nitrogens with zero attached hydrogens (tertiary/aromatic N) is 3. The molecule has 0 saturated heterocycles. The van der Waals surface area contributed by atoms with Gasteiger partial charge in [0.15, 0.2) is 0 Å². The maximum absolute atomic E-state index is 10.8. The predicted octanol–water partition coefficient (Wildman–Crippen LogP) is 0.103. The Kier molecular flexibility index (Phi) is 2.47. The van der Waals surface area contributed by atoms with Crippen LogP contribution in [0.5, 0.6) is 0 Å². The summed E-state index contributed by atoms with van der Waals surface area (Å²) in [6.45, 7) is 0.0932. The van der Waals surface area contributed by atoms with E-state index in [1.54, 1.807) is 10.8 Å². The standard InChI is InChI=1S/C8H8IN5O/c9-4-1-14(2-5(10)15)8-6(4)7(11)12-3-13-8/h1,3H,2H2,(H2,10,15)(H2,11,12,13). The van der Waals surface area contributed by atoms with E-state index in [0.29, 0.717) is 11.5 Å². The van der Waals surface area contributed by atoms with Gasteiger partial charge in [-0.05, 0) is 22.6 Å². The SMILES string of the molecule is NC(=O)Cn1cc(I)c2c(N)ncnc21. The van der Waals surface area contributed by atoms with Gasteiger partial charge in [0.05, 0.1) is 5.39 Å². The van der Waals surface area contributed by atoms with Gasteiger partial charge in [0.2, 0.25) is 5.91 Å². The van der Waals surface area contributed by atoms with Crippen LogP contribution in [0.2, 0.25) is 0 Å². The minimum Gasteiger partial charge on any atom is -0.383 e. The highest BCUT2D eigenvalue weighted by atomic mass is 127. The molecular formula is C8H8IN5O. The number of hydrogen-bond donors (Lipinski definition) is 2. The van der Waals surface area contributed by atoms with Crippen LogP contribution in [0, 0.1) is 3.57 Å². The Hall–Kier alpha value is -1.38. The van der Waals surface area contributed by atoms with E-state index in [1.807, 2.05) is 0 Å². The summed E-state index contributed by atoms with van der Waals surface area (Å²) < 4.78 is 2.57. The van der Waals surface area contributed by atoms with Crippen molar-refractivity contribution in [3.63, 3.8) is 0 Å². The summed E-state index contributed by atoms with van der Waals surface area (Å²) in [5, 5.41) is 0.763. The summed E-state index contributed by atoms with van der Waals surface area (Å²) in [5.41, 5.74) is 11.5. The molecule has 2 heterocycles. The van der Waals surface area contributed by atoms with Crippen molar-refractivity contribution in [3.05, 3.63) is 16.1 Å². The second-order valence-electron chi connectivity index (χ2n) is 3.03. The molecule has 2 aromatic rings. The first kappa shape index (κ1) is 10.1. The molecule has 0 aliphatic carbocycles. The number of anilines is 1. The summed E-state index contributed by atoms with van der Waals surface area (Å²) in [6, 6.07) is 0. The number of amides is 1. The van der Waals surface area contributed by atoms with Gasteiger partial charge in [0.25, 0.3) is 0 Å². The highest BCUT2D eigenvalue weighted by Gasteiger charge is 2.12. The number of nitrogen functional groups attached to an aromatic ring is 1. The number of nitrogens with two attached hydrogens (primary N) is 2. The minimum atomic E-state index is -0.416. The van der Waals surface area contributed by atoms with Gasteiger partial charge in [-0.15, -0.1) is 0 Å². The van der Waals surface area contributed by atoms with Gasteiger partial charge < -0.3 is 16.0 Å². The zero-order valence-corrected chi connectivity index (χ0v) is 9.80. The van der Waals surface area contributed by atoms with Crippen LogP contribution in [0.3, 0.4) is 0 Å². The van der Waals surface area contributed by atoms with E-state index in [9.17, 15) is 4.79 Å². The normalized spacial score (nSPS) is 10.7. The smallest absolute Gasteiger partial charge is 0.237 e. The Labute approximate surface area is 98.8 Å². The van der Waals surface area contributed by atoms with Gasteiger partial charge in [-0.3, -0.25) is 4.79 Å². The zero-order chi connectivity index (χ0) is 11.0. The van der Waals surface area contributed by atoms with E-state index < -0.39 is 5.91 Å². The molecule has 0 aliphatic rings. The molecule has 0 radical (unpaired) electrons. The van der Waals surface area contributed by atoms with Crippen molar-refractivity contribution < 1.29 is 4.79 Å². The molecule has 78 valence electrons. The average molecular weight is 317 g/mol. The molecule has 0 aromatic carbocycles. The molecule has 15 heavy (non-hydrogen) atoms. The van der Waals surface area contributed by atoms with Crippen molar-refractivity contribution in [1.82, 2.24) is 14.5 Å². The van der Waals surface area contributed by atoms with E-state index in [2.05, 4.69) is 32.6 Å². The highest BCUT2D eigenvalue weighted by molar-refractivity contribution is 14.1. The molecule has 2 aromatic heterocycles. The molecule has 0 atom stereocenters. The van der Waals surface area contributed by atoms with Gasteiger partial charge in [-0.1, -0.05) is 0 Å². The molecule has 0 saturated carbocycles. The third-order valence-corrected chi connectivity index (χ3v) is 2.78. The first-order valence-corrected chi connectivity index (χ1v) is 5.20. The molecule has 6 nitrogen and oxygen atoms in total. The van der Waals surface area contributed by atoms with Crippen molar-refractivity contribution >= 4 is 45.3 Å². The van der Waals surface area contributed by atoms with E-state index >= 15 is 0 Å². The van der Waals surface area contributed by atoms with Crippen LogP contribution in [0.25, 0.3) is 11.0 Å². The van der Waals surface area contributed by atoms with Crippen molar-refractivity contribution in [3.8, 4) is 0 Å². The van der Waals surface area contributed by atoms with E-state index in [0.717, 1.165) is 8.96 Å².